The van der Waals surface area contributed by atoms with Gasteiger partial charge in [-0.1, -0.05) is 38.1 Å². The molecule has 178 valence electrons. The zero-order valence-electron chi connectivity index (χ0n) is 19.6. The van der Waals surface area contributed by atoms with Gasteiger partial charge in [-0.15, -0.1) is 0 Å². The molecule has 1 aromatic heterocycles. The first-order chi connectivity index (χ1) is 16.4. The van der Waals surface area contributed by atoms with E-state index in [1.165, 1.54) is 23.8 Å². The highest BCUT2D eigenvalue weighted by Gasteiger charge is 2.42. The van der Waals surface area contributed by atoms with Gasteiger partial charge in [0, 0.05) is 26.2 Å². The summed E-state index contributed by atoms with van der Waals surface area (Å²) in [6, 6.07) is 11.3. The number of halogens is 1. The monoisotopic (exact) mass is 464 g/mol. The van der Waals surface area contributed by atoms with E-state index in [2.05, 4.69) is 18.7 Å². The zero-order valence-corrected chi connectivity index (χ0v) is 19.6. The molecule has 2 aliphatic rings. The number of ether oxygens (including phenoxy) is 1. The average Bonchev–Trinajstić information content (AvgIpc) is 3.12. The second kappa shape index (κ2) is 9.31. The molecule has 1 unspecified atom stereocenters. The summed E-state index contributed by atoms with van der Waals surface area (Å²) in [5.41, 5.74) is 2.21. The summed E-state index contributed by atoms with van der Waals surface area (Å²) in [7, 11) is 0. The van der Waals surface area contributed by atoms with Crippen molar-refractivity contribution in [2.45, 2.75) is 32.2 Å². The van der Waals surface area contributed by atoms with Gasteiger partial charge in [-0.2, -0.15) is 0 Å². The van der Waals surface area contributed by atoms with Crippen molar-refractivity contribution in [3.05, 3.63) is 81.0 Å². The molecule has 0 saturated carbocycles. The molecule has 1 atom stereocenters. The van der Waals surface area contributed by atoms with Crippen LogP contribution in [0.4, 0.5) is 4.39 Å². The normalized spacial score (nSPS) is 18.8. The quantitative estimate of drug-likeness (QED) is 0.544. The summed E-state index contributed by atoms with van der Waals surface area (Å²) in [6.45, 7) is 8.78. The fraction of sp³-hybridized carbons (Fsp3) is 0.407. The Kier molecular flexibility index (Phi) is 6.23. The Morgan fingerprint density at radius 3 is 2.47 bits per heavy atom. The van der Waals surface area contributed by atoms with Crippen LogP contribution in [-0.2, 0) is 4.74 Å². The standard InChI is InChI=1S/C27H29FN2O4/c1-17(2)18-4-6-19(7-5-18)24-23-25(31)21-16-20(28)8-9-22(21)34-26(23)27(32)30(24)11-3-10-29-12-14-33-15-13-29/h4-9,16-17,24H,3,10-15H2,1-2H3. The van der Waals surface area contributed by atoms with Gasteiger partial charge in [0.15, 0.2) is 5.43 Å². The van der Waals surface area contributed by atoms with Crippen LogP contribution in [0, 0.1) is 5.82 Å². The Morgan fingerprint density at radius 2 is 1.76 bits per heavy atom. The Balaban J connectivity index is 1.53. The van der Waals surface area contributed by atoms with E-state index >= 15 is 0 Å². The lowest BCUT2D eigenvalue weighted by atomic mass is 9.95. The topological polar surface area (TPSA) is 63.0 Å². The van der Waals surface area contributed by atoms with Gasteiger partial charge >= 0.3 is 0 Å². The fourth-order valence-electron chi connectivity index (χ4n) is 4.92. The third-order valence-corrected chi connectivity index (χ3v) is 6.82. The van der Waals surface area contributed by atoms with E-state index in [1.54, 1.807) is 4.90 Å². The number of fused-ring (bicyclic) bond motifs is 2. The van der Waals surface area contributed by atoms with Crippen molar-refractivity contribution in [2.75, 3.05) is 39.4 Å². The first-order valence-electron chi connectivity index (χ1n) is 11.9. The lowest BCUT2D eigenvalue weighted by Gasteiger charge is -2.29. The molecular formula is C27H29FN2O4. The number of hydrogen-bond acceptors (Lipinski definition) is 5. The maximum absolute atomic E-state index is 13.9. The molecule has 3 aromatic rings. The van der Waals surface area contributed by atoms with Crippen LogP contribution in [0.1, 0.15) is 59.5 Å². The molecule has 3 heterocycles. The van der Waals surface area contributed by atoms with Gasteiger partial charge in [0.25, 0.3) is 5.91 Å². The predicted molar refractivity (Wildman–Crippen MR) is 128 cm³/mol. The number of benzene rings is 2. The highest BCUT2D eigenvalue weighted by atomic mass is 19.1. The van der Waals surface area contributed by atoms with Gasteiger partial charge < -0.3 is 14.1 Å². The minimum absolute atomic E-state index is 0.0633. The molecule has 0 aliphatic carbocycles. The van der Waals surface area contributed by atoms with Gasteiger partial charge in [-0.25, -0.2) is 4.39 Å². The van der Waals surface area contributed by atoms with Crippen LogP contribution in [0.3, 0.4) is 0 Å². The van der Waals surface area contributed by atoms with E-state index in [0.29, 0.717) is 18.0 Å². The molecule has 1 saturated heterocycles. The molecule has 2 aromatic carbocycles. The summed E-state index contributed by atoms with van der Waals surface area (Å²) in [4.78, 5) is 31.1. The second-order valence-electron chi connectivity index (χ2n) is 9.34. The highest BCUT2D eigenvalue weighted by molar-refractivity contribution is 5.99. The summed E-state index contributed by atoms with van der Waals surface area (Å²) in [5, 5.41) is 0.158. The summed E-state index contributed by atoms with van der Waals surface area (Å²) in [5.74, 6) is -0.371. The zero-order chi connectivity index (χ0) is 23.8. The number of amides is 1. The molecule has 0 bridgehead atoms. The minimum atomic E-state index is -0.558. The van der Waals surface area contributed by atoms with Crippen LogP contribution >= 0.6 is 0 Å². The second-order valence-corrected chi connectivity index (χ2v) is 9.34. The van der Waals surface area contributed by atoms with E-state index in [0.717, 1.165) is 44.8 Å². The van der Waals surface area contributed by atoms with Crippen LogP contribution in [-0.4, -0.2) is 55.1 Å². The molecule has 1 amide bonds. The number of nitrogens with zero attached hydrogens (tertiary/aromatic N) is 2. The number of morpholine rings is 1. The van der Waals surface area contributed by atoms with Crippen molar-refractivity contribution < 1.29 is 18.3 Å². The molecular weight excluding hydrogens is 435 g/mol. The molecule has 34 heavy (non-hydrogen) atoms. The third-order valence-electron chi connectivity index (χ3n) is 6.82. The van der Waals surface area contributed by atoms with Gasteiger partial charge in [0.2, 0.25) is 5.76 Å². The van der Waals surface area contributed by atoms with Crippen molar-refractivity contribution in [2.24, 2.45) is 0 Å². The highest BCUT2D eigenvalue weighted by Crippen LogP contribution is 2.38. The maximum Gasteiger partial charge on any atom is 0.290 e. The first-order valence-corrected chi connectivity index (χ1v) is 11.9. The van der Waals surface area contributed by atoms with Gasteiger partial charge in [-0.3, -0.25) is 14.5 Å². The predicted octanol–water partition coefficient (Wildman–Crippen LogP) is 4.32. The average molecular weight is 465 g/mol. The summed E-state index contributed by atoms with van der Waals surface area (Å²) in [6.07, 6.45) is 0.767. The summed E-state index contributed by atoms with van der Waals surface area (Å²) >= 11 is 0. The summed E-state index contributed by atoms with van der Waals surface area (Å²) < 4.78 is 25.3. The largest absolute Gasteiger partial charge is 0.450 e. The Morgan fingerprint density at radius 1 is 1.03 bits per heavy atom. The molecule has 7 heteroatoms. The van der Waals surface area contributed by atoms with Crippen molar-refractivity contribution in [1.82, 2.24) is 9.80 Å². The third kappa shape index (κ3) is 4.14. The van der Waals surface area contributed by atoms with Crippen molar-refractivity contribution in [3.8, 4) is 0 Å². The number of rotatable bonds is 6. The smallest absolute Gasteiger partial charge is 0.290 e. The van der Waals surface area contributed by atoms with E-state index < -0.39 is 11.9 Å². The maximum atomic E-state index is 13.9. The Labute approximate surface area is 197 Å². The van der Waals surface area contributed by atoms with E-state index in [1.807, 2.05) is 24.3 Å². The molecule has 0 spiro atoms. The van der Waals surface area contributed by atoms with Crippen LogP contribution in [0.2, 0.25) is 0 Å². The molecule has 0 radical (unpaired) electrons. The lowest BCUT2D eigenvalue weighted by molar-refractivity contribution is 0.0353. The van der Waals surface area contributed by atoms with E-state index in [9.17, 15) is 14.0 Å². The van der Waals surface area contributed by atoms with Crippen molar-refractivity contribution in [1.29, 1.82) is 0 Å². The van der Waals surface area contributed by atoms with Crippen LogP contribution in [0.15, 0.2) is 51.7 Å². The lowest BCUT2D eigenvalue weighted by Crippen LogP contribution is -2.38. The van der Waals surface area contributed by atoms with Crippen molar-refractivity contribution in [3.63, 3.8) is 0 Å². The number of carbonyl (C=O) groups excluding carboxylic acids is 1. The molecule has 0 N–H and O–H groups in total. The fourth-order valence-corrected chi connectivity index (χ4v) is 4.92. The molecule has 6 nitrogen and oxygen atoms in total. The minimum Gasteiger partial charge on any atom is -0.450 e. The van der Waals surface area contributed by atoms with Gasteiger partial charge in [0.1, 0.15) is 11.4 Å². The van der Waals surface area contributed by atoms with E-state index in [4.69, 9.17) is 9.15 Å². The molecule has 2 aliphatic heterocycles. The Bertz CT molecular complexity index is 1260. The van der Waals surface area contributed by atoms with Crippen LogP contribution in [0.5, 0.6) is 0 Å². The first kappa shape index (κ1) is 22.7. The SMILES string of the molecule is CC(C)c1ccc(C2c3c(oc4ccc(F)cc4c3=O)C(=O)N2CCCN2CCOCC2)cc1. The van der Waals surface area contributed by atoms with Crippen LogP contribution < -0.4 is 5.43 Å². The van der Waals surface area contributed by atoms with Gasteiger partial charge in [-0.05, 0) is 41.7 Å². The number of hydrogen-bond donors (Lipinski definition) is 0. The Hall–Kier alpha value is -3.03. The van der Waals surface area contributed by atoms with E-state index in [-0.39, 0.29) is 28.1 Å². The van der Waals surface area contributed by atoms with Crippen LogP contribution in [0.25, 0.3) is 11.0 Å². The van der Waals surface area contributed by atoms with Gasteiger partial charge in [0.05, 0.1) is 30.2 Å². The molecule has 1 fully saturated rings. The van der Waals surface area contributed by atoms with Crippen molar-refractivity contribution >= 4 is 16.9 Å². The molecule has 5 rings (SSSR count). The number of carbonyl (C=O) groups is 1.